The van der Waals surface area contributed by atoms with E-state index in [1.165, 1.54) is 76.7 Å². The Bertz CT molecular complexity index is 1320. The molecule has 2 rings (SSSR count). The number of carbonyl (C=O) groups is 6. The topological polar surface area (TPSA) is 183 Å². The molecule has 0 bridgehead atoms. The van der Waals surface area contributed by atoms with Gasteiger partial charge < -0.3 is 35.4 Å². The maximum Gasteiger partial charge on any atom is 0.305 e. The van der Waals surface area contributed by atoms with Gasteiger partial charge in [0.1, 0.15) is 11.5 Å². The van der Waals surface area contributed by atoms with Crippen LogP contribution in [0, 0.1) is 0 Å². The van der Waals surface area contributed by atoms with Crippen molar-refractivity contribution in [3.8, 4) is 0 Å². The number of likely N-dealkylation sites (N-methyl/N-ethyl adjacent to an activating group) is 1. The molecule has 4 N–H and O–H groups in total. The van der Waals surface area contributed by atoms with Gasteiger partial charge in [-0.25, -0.2) is 0 Å². The fourth-order valence-electron chi connectivity index (χ4n) is 7.06. The third-order valence-corrected chi connectivity index (χ3v) is 11.2. The Hall–Kier alpha value is -3.58. The SMILES string of the molecule is CCCCCCC(=O)CCCNC.CCCCCCCCCCCCCC1=C(O)C(N(C)CCCC(=O)OCCCCCC)=CC(=O)C1=O.CN1CCCC1=O.CNCCCC(=O)O. The van der Waals surface area contributed by atoms with Crippen LogP contribution in [0.4, 0.5) is 0 Å². The molecular weight excluding hydrogens is 813 g/mol. The summed E-state index contributed by atoms with van der Waals surface area (Å²) in [6, 6.07) is 0. The Balaban J connectivity index is 0. The molecule has 2 aliphatic rings. The highest BCUT2D eigenvalue weighted by Crippen LogP contribution is 2.26. The first-order valence-corrected chi connectivity index (χ1v) is 25.2. The molecule has 13 nitrogen and oxygen atoms in total. The first-order valence-electron chi connectivity index (χ1n) is 25.2. The first kappa shape index (κ1) is 62.5. The van der Waals surface area contributed by atoms with Gasteiger partial charge in [0.15, 0.2) is 0 Å². The zero-order valence-electron chi connectivity index (χ0n) is 41.8. The number of ether oxygens (including phenoxy) is 1. The minimum atomic E-state index is -0.722. The smallest absolute Gasteiger partial charge is 0.305 e. The number of esters is 1. The summed E-state index contributed by atoms with van der Waals surface area (Å²) in [5.41, 5.74) is 0.595. The number of aliphatic carboxylic acids is 1. The van der Waals surface area contributed by atoms with Gasteiger partial charge in [0.05, 0.1) is 12.3 Å². The van der Waals surface area contributed by atoms with Gasteiger partial charge in [-0.3, -0.25) is 28.8 Å². The fourth-order valence-corrected chi connectivity index (χ4v) is 7.06. The second-order valence-corrected chi connectivity index (χ2v) is 17.2. The molecule has 1 fully saturated rings. The lowest BCUT2D eigenvalue weighted by Crippen LogP contribution is -2.29. The van der Waals surface area contributed by atoms with Crippen molar-refractivity contribution in [1.29, 1.82) is 0 Å². The van der Waals surface area contributed by atoms with Crippen molar-refractivity contribution in [3.05, 3.63) is 23.1 Å². The van der Waals surface area contributed by atoms with E-state index in [2.05, 4.69) is 31.4 Å². The maximum atomic E-state index is 12.4. The number of hydrogen-bond acceptors (Lipinski definition) is 11. The number of likely N-dealkylation sites (tertiary alicyclic amines) is 1. The second-order valence-electron chi connectivity index (χ2n) is 17.2. The number of hydrogen-bond donors (Lipinski definition) is 4. The Labute approximate surface area is 389 Å². The number of carboxylic acids is 1. The Morgan fingerprint density at radius 1 is 0.688 bits per heavy atom. The summed E-state index contributed by atoms with van der Waals surface area (Å²) in [5.74, 6) is -1.48. The van der Waals surface area contributed by atoms with Crippen molar-refractivity contribution in [3.63, 3.8) is 0 Å². The molecule has 0 unspecified atom stereocenters. The molecule has 1 aliphatic heterocycles. The van der Waals surface area contributed by atoms with Crippen LogP contribution in [0.2, 0.25) is 0 Å². The lowest BCUT2D eigenvalue weighted by molar-refractivity contribution is -0.144. The third kappa shape index (κ3) is 36.7. The minimum absolute atomic E-state index is 0.0901. The summed E-state index contributed by atoms with van der Waals surface area (Å²) in [4.78, 5) is 71.7. The fraction of sp³-hybridized carbons (Fsp3) is 0.804. The lowest BCUT2D eigenvalue weighted by Gasteiger charge is -2.25. The van der Waals surface area contributed by atoms with E-state index in [1.807, 2.05) is 21.1 Å². The molecule has 13 heteroatoms. The predicted octanol–water partition coefficient (Wildman–Crippen LogP) is 10.2. The van der Waals surface area contributed by atoms with E-state index < -0.39 is 17.5 Å². The number of amides is 1. The molecule has 0 aromatic heterocycles. The summed E-state index contributed by atoms with van der Waals surface area (Å²) < 4.78 is 5.26. The molecule has 0 aromatic carbocycles. The van der Waals surface area contributed by atoms with Gasteiger partial charge in [-0.2, -0.15) is 0 Å². The monoisotopic (exact) mass is 907 g/mol. The minimum Gasteiger partial charge on any atom is -0.505 e. The van der Waals surface area contributed by atoms with Gasteiger partial charge in [0.25, 0.3) is 0 Å². The van der Waals surface area contributed by atoms with Gasteiger partial charge in [0.2, 0.25) is 17.5 Å². The van der Waals surface area contributed by atoms with Gasteiger partial charge >= 0.3 is 11.9 Å². The Kier molecular flexibility index (Phi) is 43.6. The quantitative estimate of drug-likeness (QED) is 0.0205. The molecular formula is C51H94N4O9. The van der Waals surface area contributed by atoms with Gasteiger partial charge in [0, 0.05) is 70.9 Å². The van der Waals surface area contributed by atoms with Crippen molar-refractivity contribution in [2.45, 2.75) is 207 Å². The number of allylic oxidation sites excluding steroid dienone is 2. The molecule has 1 amide bonds. The largest absolute Gasteiger partial charge is 0.505 e. The van der Waals surface area contributed by atoms with E-state index in [4.69, 9.17) is 9.84 Å². The summed E-state index contributed by atoms with van der Waals surface area (Å²) in [5, 5.41) is 24.8. The number of ketones is 3. The van der Waals surface area contributed by atoms with E-state index in [0.717, 1.165) is 103 Å². The molecule has 1 aliphatic carbocycles. The average molecular weight is 907 g/mol. The van der Waals surface area contributed by atoms with Crippen LogP contribution in [0.5, 0.6) is 0 Å². The van der Waals surface area contributed by atoms with Crippen LogP contribution >= 0.6 is 0 Å². The number of nitrogens with zero attached hydrogens (tertiary/aromatic N) is 2. The number of carboxylic acid groups (broad SMARTS) is 1. The number of aliphatic hydroxyl groups is 1. The maximum absolute atomic E-state index is 12.4. The van der Waals surface area contributed by atoms with Crippen molar-refractivity contribution < 1.29 is 43.7 Å². The predicted molar refractivity (Wildman–Crippen MR) is 260 cm³/mol. The number of carbonyl (C=O) groups excluding carboxylic acids is 5. The highest BCUT2D eigenvalue weighted by molar-refractivity contribution is 6.48. The first-order chi connectivity index (χ1) is 30.8. The number of rotatable bonds is 35. The van der Waals surface area contributed by atoms with Crippen LogP contribution < -0.4 is 10.6 Å². The molecule has 1 saturated heterocycles. The van der Waals surface area contributed by atoms with E-state index in [0.29, 0.717) is 49.8 Å². The van der Waals surface area contributed by atoms with Gasteiger partial charge in [-0.1, -0.05) is 124 Å². The van der Waals surface area contributed by atoms with Crippen LogP contribution in [0.3, 0.4) is 0 Å². The van der Waals surface area contributed by atoms with Crippen LogP contribution in [0.25, 0.3) is 0 Å². The van der Waals surface area contributed by atoms with Crippen molar-refractivity contribution >= 4 is 35.2 Å². The Morgan fingerprint density at radius 3 is 1.67 bits per heavy atom. The zero-order valence-corrected chi connectivity index (χ0v) is 41.8. The van der Waals surface area contributed by atoms with Gasteiger partial charge in [-0.15, -0.1) is 0 Å². The number of unbranched alkanes of at least 4 members (excludes halogenated alkanes) is 16. The number of nitrogens with one attached hydrogen (secondary N) is 2. The van der Waals surface area contributed by atoms with Crippen molar-refractivity contribution in [1.82, 2.24) is 20.4 Å². The van der Waals surface area contributed by atoms with E-state index in [9.17, 15) is 33.9 Å². The highest BCUT2D eigenvalue weighted by atomic mass is 16.5. The number of Topliss-reactive ketones (excluding diaryl/α,β-unsaturated/α-hetero) is 2. The summed E-state index contributed by atoms with van der Waals surface area (Å²) in [6.07, 6.45) is 30.1. The third-order valence-electron chi connectivity index (χ3n) is 11.2. The van der Waals surface area contributed by atoms with Crippen molar-refractivity contribution in [2.24, 2.45) is 0 Å². The van der Waals surface area contributed by atoms with E-state index in [1.54, 1.807) is 16.8 Å². The van der Waals surface area contributed by atoms with E-state index >= 15 is 0 Å². The molecule has 372 valence electrons. The lowest BCUT2D eigenvalue weighted by atomic mass is 9.93. The summed E-state index contributed by atoms with van der Waals surface area (Å²) in [6.45, 7) is 10.2. The molecule has 0 radical (unpaired) electrons. The van der Waals surface area contributed by atoms with Gasteiger partial charge in [-0.05, 0) is 78.6 Å². The van der Waals surface area contributed by atoms with Crippen LogP contribution in [-0.4, -0.2) is 116 Å². The summed E-state index contributed by atoms with van der Waals surface area (Å²) in [7, 11) is 7.34. The zero-order chi connectivity index (χ0) is 48.2. The highest BCUT2D eigenvalue weighted by Gasteiger charge is 2.30. The molecule has 1 heterocycles. The van der Waals surface area contributed by atoms with Crippen LogP contribution in [0.15, 0.2) is 23.1 Å². The van der Waals surface area contributed by atoms with Crippen molar-refractivity contribution in [2.75, 3.05) is 61.0 Å². The summed E-state index contributed by atoms with van der Waals surface area (Å²) >= 11 is 0. The standard InChI is InChI=1S/C30H51NO5.C11H23NO.C5H11NO2.C5H9NO/c1-4-6-8-10-11-12-13-14-15-16-17-20-25-29(34)26(24-27(32)30(25)35)31(3)22-19-21-28(33)36-23-18-9-7-5-2;1-3-4-5-6-8-11(13)9-7-10-12-2;1-6-4-2-3-5(7)8;1-6-4-2-3-5(6)7/h24,34H,4-23H2,1-3H3;12H,3-10H2,1-2H3;6H,2-4H2,1H3,(H,7,8);2-4H2,1H3. The average Bonchev–Trinajstić information content (AvgIpc) is 3.65. The molecule has 64 heavy (non-hydrogen) atoms. The number of aliphatic hydroxyl groups excluding tert-OH is 1. The molecule has 0 aromatic rings. The van der Waals surface area contributed by atoms with Crippen LogP contribution in [0.1, 0.15) is 207 Å². The van der Waals surface area contributed by atoms with E-state index in [-0.39, 0.29) is 30.1 Å². The normalized spacial score (nSPS) is 13.3. The molecule has 0 saturated carbocycles. The molecule has 0 spiro atoms. The second kappa shape index (κ2) is 44.6. The van der Waals surface area contributed by atoms with Crippen LogP contribution in [-0.2, 0) is 33.5 Å². The Morgan fingerprint density at radius 2 is 1.19 bits per heavy atom. The molecule has 0 atom stereocenters.